The number of imidazole rings is 1. The Morgan fingerprint density at radius 2 is 1.83 bits per heavy atom. The number of anilines is 1. The molecular weight excluding hydrogens is 286 g/mol. The molecule has 0 unspecified atom stereocenters. The number of hydrogen-bond acceptors (Lipinski definition) is 4. The van der Waals surface area contributed by atoms with E-state index in [1.165, 1.54) is 5.56 Å². The van der Waals surface area contributed by atoms with E-state index in [-0.39, 0.29) is 0 Å². The molecule has 0 saturated carbocycles. The first-order chi connectivity index (χ1) is 11.3. The van der Waals surface area contributed by atoms with Gasteiger partial charge in [0.2, 0.25) is 0 Å². The molecule has 5 nitrogen and oxygen atoms in total. The van der Waals surface area contributed by atoms with E-state index in [0.29, 0.717) is 12.2 Å². The highest BCUT2D eigenvalue weighted by Gasteiger charge is 2.12. The molecule has 2 N–H and O–H groups in total. The lowest BCUT2D eigenvalue weighted by Gasteiger charge is -2.05. The van der Waals surface area contributed by atoms with Gasteiger partial charge in [-0.2, -0.15) is 0 Å². The van der Waals surface area contributed by atoms with Crippen molar-refractivity contribution in [3.8, 4) is 11.3 Å². The first kappa shape index (κ1) is 13.5. The summed E-state index contributed by atoms with van der Waals surface area (Å²) in [5.41, 5.74) is 10.7. The molecule has 0 saturated heterocycles. The molecule has 1 radical (unpaired) electrons. The molecule has 0 bridgehead atoms. The molecule has 2 aromatic heterocycles. The number of benzene rings is 2. The predicted octanol–water partition coefficient (Wildman–Crippen LogP) is 2.92. The van der Waals surface area contributed by atoms with Crippen LogP contribution < -0.4 is 5.73 Å². The van der Waals surface area contributed by atoms with Gasteiger partial charge in [-0.3, -0.25) is 0 Å². The van der Waals surface area contributed by atoms with Crippen LogP contribution in [-0.4, -0.2) is 19.5 Å². The monoisotopic (exact) mass is 300 g/mol. The Labute approximate surface area is 133 Å². The largest absolute Gasteiger partial charge is 0.398 e. The number of nitrogens with zero attached hydrogens (tertiary/aromatic N) is 4. The average molecular weight is 300 g/mol. The van der Waals surface area contributed by atoms with Crippen molar-refractivity contribution in [1.29, 1.82) is 0 Å². The van der Waals surface area contributed by atoms with E-state index < -0.39 is 0 Å². The van der Waals surface area contributed by atoms with Gasteiger partial charge >= 0.3 is 0 Å². The van der Waals surface area contributed by atoms with Gasteiger partial charge in [0, 0.05) is 17.3 Å². The second-order valence-corrected chi connectivity index (χ2v) is 5.27. The fourth-order valence-electron chi connectivity index (χ4n) is 2.60. The molecule has 0 aliphatic rings. The third kappa shape index (κ3) is 2.53. The van der Waals surface area contributed by atoms with Gasteiger partial charge in [-0.1, -0.05) is 42.5 Å². The normalized spacial score (nSPS) is 11.0. The summed E-state index contributed by atoms with van der Waals surface area (Å²) >= 11 is 0. The van der Waals surface area contributed by atoms with Gasteiger partial charge in [0.1, 0.15) is 17.5 Å². The van der Waals surface area contributed by atoms with Gasteiger partial charge < -0.3 is 10.3 Å². The highest BCUT2D eigenvalue weighted by atomic mass is 15.1. The summed E-state index contributed by atoms with van der Waals surface area (Å²) in [6, 6.07) is 18.9. The Kier molecular flexibility index (Phi) is 3.24. The van der Waals surface area contributed by atoms with Crippen LogP contribution in [0.5, 0.6) is 0 Å². The average Bonchev–Trinajstić information content (AvgIpc) is 2.99. The minimum atomic E-state index is 0.581. The third-order valence-corrected chi connectivity index (χ3v) is 3.67. The lowest BCUT2D eigenvalue weighted by molar-refractivity contribution is 0.813. The Balaban J connectivity index is 1.81. The maximum absolute atomic E-state index is 5.82. The highest BCUT2D eigenvalue weighted by Crippen LogP contribution is 2.25. The summed E-state index contributed by atoms with van der Waals surface area (Å²) in [6.07, 6.45) is 3.35. The molecule has 2 heterocycles. The summed E-state index contributed by atoms with van der Waals surface area (Å²) in [5.74, 6) is 0. The van der Waals surface area contributed by atoms with E-state index in [1.54, 1.807) is 18.7 Å². The van der Waals surface area contributed by atoms with Gasteiger partial charge in [0.25, 0.3) is 0 Å². The predicted molar refractivity (Wildman–Crippen MR) is 89.6 cm³/mol. The Morgan fingerprint density at radius 1 is 0.957 bits per heavy atom. The maximum Gasteiger partial charge on any atom is 0.164 e. The molecule has 0 fully saturated rings. The molecule has 111 valence electrons. The number of hydrogen-bond donors (Lipinski definition) is 1. The van der Waals surface area contributed by atoms with Crippen molar-refractivity contribution in [3.63, 3.8) is 0 Å². The molecule has 0 aliphatic carbocycles. The van der Waals surface area contributed by atoms with Crippen LogP contribution in [-0.2, 0) is 6.54 Å². The van der Waals surface area contributed by atoms with E-state index in [2.05, 4.69) is 33.2 Å². The number of nitrogens with two attached hydrogens (primary N) is 1. The second kappa shape index (κ2) is 5.53. The van der Waals surface area contributed by atoms with Crippen molar-refractivity contribution in [2.24, 2.45) is 0 Å². The van der Waals surface area contributed by atoms with Crippen molar-refractivity contribution in [3.05, 3.63) is 72.8 Å². The lowest BCUT2D eigenvalue weighted by Crippen LogP contribution is -1.99. The molecular formula is C18H14N5. The molecule has 0 atom stereocenters. The number of nitrogen functional groups attached to an aromatic ring is 1. The third-order valence-electron chi connectivity index (χ3n) is 3.67. The van der Waals surface area contributed by atoms with Gasteiger partial charge in [0.05, 0.1) is 12.9 Å². The van der Waals surface area contributed by atoms with E-state index in [4.69, 9.17) is 5.73 Å². The van der Waals surface area contributed by atoms with E-state index in [1.807, 2.05) is 34.9 Å². The zero-order valence-electron chi connectivity index (χ0n) is 12.3. The summed E-state index contributed by atoms with van der Waals surface area (Å²) in [6.45, 7) is 0.717. The van der Waals surface area contributed by atoms with Crippen molar-refractivity contribution < 1.29 is 0 Å². The van der Waals surface area contributed by atoms with Crippen molar-refractivity contribution >= 4 is 16.9 Å². The van der Waals surface area contributed by atoms with Crippen LogP contribution in [0, 0.1) is 6.07 Å². The Morgan fingerprint density at radius 3 is 2.65 bits per heavy atom. The summed E-state index contributed by atoms with van der Waals surface area (Å²) in [5, 5.41) is 0. The van der Waals surface area contributed by atoms with Crippen LogP contribution in [0.25, 0.3) is 22.4 Å². The number of aromatic nitrogens is 4. The van der Waals surface area contributed by atoms with Crippen molar-refractivity contribution in [2.75, 3.05) is 5.73 Å². The van der Waals surface area contributed by atoms with Crippen molar-refractivity contribution in [2.45, 2.75) is 6.54 Å². The molecule has 0 spiro atoms. The lowest BCUT2D eigenvalue weighted by atomic mass is 10.1. The first-order valence-corrected chi connectivity index (χ1v) is 7.29. The summed E-state index contributed by atoms with van der Waals surface area (Å²) < 4.78 is 2.02. The first-order valence-electron chi connectivity index (χ1n) is 7.29. The van der Waals surface area contributed by atoms with Crippen LogP contribution >= 0.6 is 0 Å². The fraction of sp³-hybridized carbons (Fsp3) is 0.0556. The standard InChI is InChI=1S/C18H14N5/c19-15-8-4-7-14(9-15)16-17-18(21-11-20-16)23(12-22-17)10-13-5-2-1-3-6-13/h1-8,11-12H,10,19H2. The second-order valence-electron chi connectivity index (χ2n) is 5.27. The van der Waals surface area contributed by atoms with E-state index in [9.17, 15) is 0 Å². The minimum Gasteiger partial charge on any atom is -0.398 e. The van der Waals surface area contributed by atoms with Crippen LogP contribution in [0.2, 0.25) is 0 Å². The highest BCUT2D eigenvalue weighted by molar-refractivity contribution is 5.87. The topological polar surface area (TPSA) is 69.6 Å². The van der Waals surface area contributed by atoms with Crippen LogP contribution in [0.15, 0.2) is 61.2 Å². The number of rotatable bonds is 3. The van der Waals surface area contributed by atoms with Crippen LogP contribution in [0.4, 0.5) is 5.69 Å². The van der Waals surface area contributed by atoms with Crippen molar-refractivity contribution in [1.82, 2.24) is 19.5 Å². The zero-order chi connectivity index (χ0) is 15.6. The molecule has 2 aromatic carbocycles. The Hall–Kier alpha value is -3.21. The molecule has 0 amide bonds. The van der Waals surface area contributed by atoms with Crippen LogP contribution in [0.3, 0.4) is 0 Å². The van der Waals surface area contributed by atoms with E-state index in [0.717, 1.165) is 22.4 Å². The Bertz CT molecular complexity index is 959. The summed E-state index contributed by atoms with van der Waals surface area (Å²) in [4.78, 5) is 13.3. The summed E-state index contributed by atoms with van der Waals surface area (Å²) in [7, 11) is 0. The number of fused-ring (bicyclic) bond motifs is 1. The molecule has 23 heavy (non-hydrogen) atoms. The molecule has 0 aliphatic heterocycles. The maximum atomic E-state index is 5.82. The van der Waals surface area contributed by atoms with Crippen LogP contribution in [0.1, 0.15) is 5.56 Å². The van der Waals surface area contributed by atoms with Gasteiger partial charge in [-0.05, 0) is 11.6 Å². The van der Waals surface area contributed by atoms with Gasteiger partial charge in [-0.15, -0.1) is 0 Å². The zero-order valence-corrected chi connectivity index (χ0v) is 12.3. The van der Waals surface area contributed by atoms with Gasteiger partial charge in [-0.25, -0.2) is 15.0 Å². The fourth-order valence-corrected chi connectivity index (χ4v) is 2.60. The van der Waals surface area contributed by atoms with Gasteiger partial charge in [0.15, 0.2) is 5.65 Å². The molecule has 5 heteroatoms. The smallest absolute Gasteiger partial charge is 0.164 e. The van der Waals surface area contributed by atoms with E-state index >= 15 is 0 Å². The molecule has 4 aromatic rings. The minimum absolute atomic E-state index is 0.581. The SMILES string of the molecule is Nc1[c]c(-c2ncnc3c2ncn3Cc2ccccc2)ccc1. The molecule has 4 rings (SSSR count). The quantitative estimate of drug-likeness (QED) is 0.591.